The van der Waals surface area contributed by atoms with E-state index in [1.165, 1.54) is 24.3 Å². The predicted octanol–water partition coefficient (Wildman–Crippen LogP) is 9.79. The lowest BCUT2D eigenvalue weighted by Gasteiger charge is -2.29. The third-order valence-electron chi connectivity index (χ3n) is 7.86. The highest BCUT2D eigenvalue weighted by Gasteiger charge is 2.28. The fourth-order valence-electron chi connectivity index (χ4n) is 5.44. The summed E-state index contributed by atoms with van der Waals surface area (Å²) in [5, 5.41) is 0. The second kappa shape index (κ2) is 15.2. The minimum atomic E-state index is -1.40. The van der Waals surface area contributed by atoms with Gasteiger partial charge in [-0.3, -0.25) is 0 Å². The maximum Gasteiger partial charge on any atom is 0.346 e. The molecule has 1 fully saturated rings. The molecule has 4 rings (SSSR count). The number of benzene rings is 3. The molecule has 9 heteroatoms. The van der Waals surface area contributed by atoms with E-state index >= 15 is 4.39 Å². The first kappa shape index (κ1) is 32.3. The van der Waals surface area contributed by atoms with Gasteiger partial charge in [0.25, 0.3) is 0 Å². The van der Waals surface area contributed by atoms with Crippen molar-refractivity contribution < 1.29 is 41.0 Å². The molecule has 1 saturated carbocycles. The summed E-state index contributed by atoms with van der Waals surface area (Å²) >= 11 is 0. The van der Waals surface area contributed by atoms with Crippen LogP contribution in [0.5, 0.6) is 17.2 Å². The molecule has 1 aliphatic rings. The van der Waals surface area contributed by atoms with Gasteiger partial charge in [0.2, 0.25) is 17.5 Å². The topological polar surface area (TPSA) is 44.8 Å². The van der Waals surface area contributed by atoms with Crippen LogP contribution in [0.2, 0.25) is 0 Å². The number of rotatable bonds is 13. The molecule has 0 aliphatic heterocycles. The molecule has 0 bridgehead atoms. The molecule has 0 unspecified atom stereocenters. The van der Waals surface area contributed by atoms with Gasteiger partial charge in [-0.2, -0.15) is 13.2 Å². The van der Waals surface area contributed by atoms with Crippen LogP contribution in [0.15, 0.2) is 42.5 Å². The normalized spacial score (nSPS) is 16.6. The second-order valence-corrected chi connectivity index (χ2v) is 10.9. The number of carbonyl (C=O) groups is 1. The van der Waals surface area contributed by atoms with Crippen LogP contribution in [0.25, 0.3) is 0 Å². The third kappa shape index (κ3) is 7.86. The van der Waals surface area contributed by atoms with Crippen molar-refractivity contribution in [1.82, 2.24) is 0 Å². The van der Waals surface area contributed by atoms with Crippen LogP contribution in [0, 0.1) is 29.1 Å². The molecule has 1 aliphatic carbocycles. The number of ether oxygens (including phenoxy) is 3. The van der Waals surface area contributed by atoms with Crippen LogP contribution in [0.3, 0.4) is 0 Å². The SMILES string of the molecule is CCCCCCOc1ccc(OC(=O)c2ccc(C3CCC(c4ccc(OCCC)c(F)c4F)CC3)cc2F)c(F)c1F. The first-order chi connectivity index (χ1) is 20.7. The van der Waals surface area contributed by atoms with Gasteiger partial charge >= 0.3 is 5.97 Å². The van der Waals surface area contributed by atoms with Crippen molar-refractivity contribution in [2.75, 3.05) is 13.2 Å². The zero-order chi connectivity index (χ0) is 30.9. The fourth-order valence-corrected chi connectivity index (χ4v) is 5.44. The van der Waals surface area contributed by atoms with Crippen molar-refractivity contribution in [3.05, 3.63) is 88.2 Å². The first-order valence-corrected chi connectivity index (χ1v) is 15.0. The van der Waals surface area contributed by atoms with Gasteiger partial charge in [0.1, 0.15) is 5.82 Å². The summed E-state index contributed by atoms with van der Waals surface area (Å²) in [5.41, 5.74) is 0.538. The van der Waals surface area contributed by atoms with Crippen LogP contribution in [-0.2, 0) is 0 Å². The molecular formula is C34H37F5O4. The number of halogens is 5. The van der Waals surface area contributed by atoms with Gasteiger partial charge in [0, 0.05) is 0 Å². The fraction of sp³-hybridized carbons (Fsp3) is 0.441. The van der Waals surface area contributed by atoms with E-state index in [-0.39, 0.29) is 29.9 Å². The van der Waals surface area contributed by atoms with Crippen molar-refractivity contribution in [2.45, 2.75) is 83.5 Å². The van der Waals surface area contributed by atoms with Gasteiger partial charge in [0.05, 0.1) is 18.8 Å². The Morgan fingerprint density at radius 1 is 0.674 bits per heavy atom. The quantitative estimate of drug-likeness (QED) is 0.0843. The van der Waals surface area contributed by atoms with Crippen LogP contribution in [0.1, 0.15) is 105 Å². The lowest BCUT2D eigenvalue weighted by Crippen LogP contribution is -2.16. The Hall–Kier alpha value is -3.62. The van der Waals surface area contributed by atoms with Gasteiger partial charge in [-0.05, 0) is 91.8 Å². The highest BCUT2D eigenvalue weighted by molar-refractivity contribution is 5.91. The van der Waals surface area contributed by atoms with E-state index in [0.717, 1.165) is 25.3 Å². The summed E-state index contributed by atoms with van der Waals surface area (Å²) in [7, 11) is 0. The van der Waals surface area contributed by atoms with E-state index in [4.69, 9.17) is 14.2 Å². The van der Waals surface area contributed by atoms with Crippen LogP contribution >= 0.6 is 0 Å². The Kier molecular flexibility index (Phi) is 11.4. The lowest BCUT2D eigenvalue weighted by atomic mass is 9.76. The molecular weight excluding hydrogens is 567 g/mol. The Morgan fingerprint density at radius 3 is 1.95 bits per heavy atom. The van der Waals surface area contributed by atoms with Crippen LogP contribution < -0.4 is 14.2 Å². The highest BCUT2D eigenvalue weighted by Crippen LogP contribution is 2.42. The van der Waals surface area contributed by atoms with E-state index in [2.05, 4.69) is 6.92 Å². The smallest absolute Gasteiger partial charge is 0.346 e. The van der Waals surface area contributed by atoms with Crippen molar-refractivity contribution in [2.24, 2.45) is 0 Å². The molecule has 0 aromatic heterocycles. The number of esters is 1. The Labute approximate surface area is 249 Å². The zero-order valence-corrected chi connectivity index (χ0v) is 24.5. The minimum absolute atomic E-state index is 0.0445. The van der Waals surface area contributed by atoms with Crippen molar-refractivity contribution >= 4 is 5.97 Å². The minimum Gasteiger partial charge on any atom is -0.490 e. The van der Waals surface area contributed by atoms with E-state index in [9.17, 15) is 22.4 Å². The van der Waals surface area contributed by atoms with Crippen molar-refractivity contribution in [1.29, 1.82) is 0 Å². The van der Waals surface area contributed by atoms with Crippen molar-refractivity contribution in [3.63, 3.8) is 0 Å². The van der Waals surface area contributed by atoms with E-state index < -0.39 is 46.4 Å². The van der Waals surface area contributed by atoms with E-state index in [1.54, 1.807) is 12.1 Å². The van der Waals surface area contributed by atoms with Gasteiger partial charge in [-0.1, -0.05) is 45.2 Å². The number of carbonyl (C=O) groups excluding carboxylic acids is 1. The molecule has 0 heterocycles. The molecule has 0 radical (unpaired) electrons. The molecule has 232 valence electrons. The molecule has 0 N–H and O–H groups in total. The molecule has 3 aromatic rings. The average Bonchev–Trinajstić information content (AvgIpc) is 3.01. The summed E-state index contributed by atoms with van der Waals surface area (Å²) in [6, 6.07) is 9.35. The van der Waals surface area contributed by atoms with Gasteiger partial charge in [0.15, 0.2) is 23.1 Å². The molecule has 43 heavy (non-hydrogen) atoms. The molecule has 0 saturated heterocycles. The Bertz CT molecular complexity index is 1400. The third-order valence-corrected chi connectivity index (χ3v) is 7.86. The van der Waals surface area contributed by atoms with Gasteiger partial charge < -0.3 is 14.2 Å². The standard InChI is InChI=1S/C34H37F5O4/c1-3-5-6-7-19-42-28-16-17-29(33(39)32(28)38)43-34(40)25-13-12-23(20-26(25)35)21-8-10-22(11-9-21)24-14-15-27(41-18-4-2)31(37)30(24)36/h12-17,20-22H,3-11,18-19H2,1-2H3. The molecule has 0 amide bonds. The van der Waals surface area contributed by atoms with Gasteiger partial charge in [-0.25, -0.2) is 13.6 Å². The van der Waals surface area contributed by atoms with Crippen molar-refractivity contribution in [3.8, 4) is 17.2 Å². The van der Waals surface area contributed by atoms with Crippen LogP contribution in [-0.4, -0.2) is 19.2 Å². The monoisotopic (exact) mass is 604 g/mol. The first-order valence-electron chi connectivity index (χ1n) is 15.0. The Balaban J connectivity index is 1.36. The number of unbranched alkanes of at least 4 members (excludes halogenated alkanes) is 3. The number of hydrogen-bond donors (Lipinski definition) is 0. The molecule has 4 nitrogen and oxygen atoms in total. The molecule has 0 spiro atoms. The highest BCUT2D eigenvalue weighted by atomic mass is 19.2. The predicted molar refractivity (Wildman–Crippen MR) is 153 cm³/mol. The van der Waals surface area contributed by atoms with E-state index in [1.807, 2.05) is 6.92 Å². The lowest BCUT2D eigenvalue weighted by molar-refractivity contribution is 0.0721. The average molecular weight is 605 g/mol. The summed E-state index contributed by atoms with van der Waals surface area (Å²) in [6.45, 7) is 4.46. The maximum absolute atomic E-state index is 15.0. The summed E-state index contributed by atoms with van der Waals surface area (Å²) in [5.74, 6) is -7.86. The number of hydrogen-bond acceptors (Lipinski definition) is 4. The Morgan fingerprint density at radius 2 is 1.28 bits per heavy atom. The largest absolute Gasteiger partial charge is 0.490 e. The van der Waals surface area contributed by atoms with Crippen LogP contribution in [0.4, 0.5) is 22.0 Å². The maximum atomic E-state index is 15.0. The second-order valence-electron chi connectivity index (χ2n) is 10.9. The van der Waals surface area contributed by atoms with Gasteiger partial charge in [-0.15, -0.1) is 0 Å². The molecule has 0 atom stereocenters. The summed E-state index contributed by atoms with van der Waals surface area (Å²) in [4.78, 5) is 12.6. The van der Waals surface area contributed by atoms with E-state index in [0.29, 0.717) is 56.3 Å². The zero-order valence-electron chi connectivity index (χ0n) is 24.5. The summed E-state index contributed by atoms with van der Waals surface area (Å²) in [6.07, 6.45) is 6.71. The molecule has 3 aromatic carbocycles. The summed E-state index contributed by atoms with van der Waals surface area (Å²) < 4.78 is 88.8.